The maximum Gasteiger partial charge on any atom is 0.0987 e. The third kappa shape index (κ3) is 2.16. The van der Waals surface area contributed by atoms with Crippen LogP contribution >= 0.6 is 0 Å². The van der Waals surface area contributed by atoms with Gasteiger partial charge in [0, 0.05) is 12.1 Å². The molecular weight excluding hydrogens is 176 g/mol. The highest BCUT2D eigenvalue weighted by molar-refractivity contribution is 5.04. The fraction of sp³-hybridized carbons (Fsp3) is 0.545. The van der Waals surface area contributed by atoms with E-state index in [0.717, 1.165) is 25.0 Å². The summed E-state index contributed by atoms with van der Waals surface area (Å²) in [5.74, 6) is 0.470. The summed E-state index contributed by atoms with van der Waals surface area (Å²) in [6, 6.07) is 2.03. The van der Waals surface area contributed by atoms with Crippen LogP contribution < -0.4 is 0 Å². The first-order chi connectivity index (χ1) is 6.86. The van der Waals surface area contributed by atoms with Crippen LogP contribution in [0.15, 0.2) is 24.6 Å². The first-order valence-electron chi connectivity index (χ1n) is 5.16. The number of aromatic amines is 1. The Morgan fingerprint density at radius 3 is 3.29 bits per heavy atom. The van der Waals surface area contributed by atoms with Crippen molar-refractivity contribution in [1.82, 2.24) is 10.2 Å². The molecule has 0 radical (unpaired) electrons. The zero-order chi connectivity index (χ0) is 9.80. The van der Waals surface area contributed by atoms with Gasteiger partial charge in [0.2, 0.25) is 0 Å². The Morgan fingerprint density at radius 2 is 2.64 bits per heavy atom. The van der Waals surface area contributed by atoms with Crippen LogP contribution in [0.5, 0.6) is 0 Å². The summed E-state index contributed by atoms with van der Waals surface area (Å²) in [6.45, 7) is 2.19. The standard InChI is InChI=1S/C11H16N2O/c1-9(11-5-6-12-13-11)8-10-4-2-3-7-14-10/h3,5-7,9-10H,2,4,8H2,1H3,(H,12,13). The summed E-state index contributed by atoms with van der Waals surface area (Å²) in [4.78, 5) is 0. The average molecular weight is 192 g/mol. The van der Waals surface area contributed by atoms with Gasteiger partial charge in [-0.2, -0.15) is 5.10 Å². The van der Waals surface area contributed by atoms with Crippen LogP contribution in [0.3, 0.4) is 0 Å². The van der Waals surface area contributed by atoms with E-state index in [1.807, 2.05) is 18.5 Å². The molecule has 3 nitrogen and oxygen atoms in total. The van der Waals surface area contributed by atoms with Crippen molar-refractivity contribution < 1.29 is 4.74 Å². The highest BCUT2D eigenvalue weighted by Crippen LogP contribution is 2.23. The van der Waals surface area contributed by atoms with Gasteiger partial charge >= 0.3 is 0 Å². The lowest BCUT2D eigenvalue weighted by Crippen LogP contribution is -2.15. The van der Waals surface area contributed by atoms with E-state index in [1.54, 1.807) is 0 Å². The third-order valence-corrected chi connectivity index (χ3v) is 2.67. The number of nitrogens with zero attached hydrogens (tertiary/aromatic N) is 1. The van der Waals surface area contributed by atoms with Gasteiger partial charge < -0.3 is 4.74 Å². The number of nitrogens with one attached hydrogen (secondary N) is 1. The highest BCUT2D eigenvalue weighted by Gasteiger charge is 2.17. The van der Waals surface area contributed by atoms with E-state index < -0.39 is 0 Å². The highest BCUT2D eigenvalue weighted by atomic mass is 16.5. The molecule has 0 aliphatic carbocycles. The zero-order valence-electron chi connectivity index (χ0n) is 8.44. The molecule has 1 aliphatic rings. The van der Waals surface area contributed by atoms with Crippen LogP contribution in [0.1, 0.15) is 37.8 Å². The monoisotopic (exact) mass is 192 g/mol. The number of hydrogen-bond donors (Lipinski definition) is 1. The maximum atomic E-state index is 5.53. The molecule has 1 aliphatic heterocycles. The fourth-order valence-electron chi connectivity index (χ4n) is 1.82. The number of hydrogen-bond acceptors (Lipinski definition) is 2. The molecule has 1 N–H and O–H groups in total. The molecular formula is C11H16N2O. The van der Waals surface area contributed by atoms with Gasteiger partial charge in [-0.3, -0.25) is 5.10 Å². The van der Waals surface area contributed by atoms with Crippen molar-refractivity contribution in [3.8, 4) is 0 Å². The Kier molecular flexibility index (Phi) is 2.87. The zero-order valence-corrected chi connectivity index (χ0v) is 8.44. The van der Waals surface area contributed by atoms with Gasteiger partial charge in [-0.05, 0) is 31.4 Å². The van der Waals surface area contributed by atoms with Crippen LogP contribution in [0.25, 0.3) is 0 Å². The number of allylic oxidation sites excluding steroid dienone is 1. The second-order valence-electron chi connectivity index (χ2n) is 3.84. The maximum absolute atomic E-state index is 5.53. The first-order valence-corrected chi connectivity index (χ1v) is 5.16. The van der Waals surface area contributed by atoms with Crippen molar-refractivity contribution in [2.75, 3.05) is 0 Å². The minimum absolute atomic E-state index is 0.367. The molecule has 76 valence electrons. The van der Waals surface area contributed by atoms with Gasteiger partial charge in [-0.1, -0.05) is 6.92 Å². The lowest BCUT2D eigenvalue weighted by Gasteiger charge is -2.21. The van der Waals surface area contributed by atoms with Crippen molar-refractivity contribution in [3.05, 3.63) is 30.3 Å². The molecule has 2 rings (SSSR count). The van der Waals surface area contributed by atoms with Crippen molar-refractivity contribution in [1.29, 1.82) is 0 Å². The Morgan fingerprint density at radius 1 is 1.71 bits per heavy atom. The van der Waals surface area contributed by atoms with E-state index in [9.17, 15) is 0 Å². The summed E-state index contributed by atoms with van der Waals surface area (Å²) in [6.07, 6.45) is 9.46. The minimum atomic E-state index is 0.367. The lowest BCUT2D eigenvalue weighted by atomic mass is 9.97. The Balaban J connectivity index is 1.88. The summed E-state index contributed by atoms with van der Waals surface area (Å²) in [5.41, 5.74) is 1.13. The van der Waals surface area contributed by atoms with E-state index in [2.05, 4.69) is 23.2 Å². The minimum Gasteiger partial charge on any atom is -0.498 e. The van der Waals surface area contributed by atoms with Crippen LogP contribution in [0, 0.1) is 0 Å². The SMILES string of the molecule is CC(CC1CCC=CO1)c1cc[nH]n1. The Hall–Kier alpha value is -1.25. The molecule has 0 aromatic carbocycles. The number of rotatable bonds is 3. The van der Waals surface area contributed by atoms with Crippen molar-refractivity contribution >= 4 is 0 Å². The van der Waals surface area contributed by atoms with E-state index in [1.165, 1.54) is 0 Å². The van der Waals surface area contributed by atoms with Crippen LogP contribution in [-0.2, 0) is 4.74 Å². The predicted octanol–water partition coefficient (Wildman–Crippen LogP) is 2.60. The molecule has 1 aromatic rings. The summed E-state index contributed by atoms with van der Waals surface area (Å²) < 4.78 is 5.53. The largest absolute Gasteiger partial charge is 0.498 e. The number of aromatic nitrogens is 2. The topological polar surface area (TPSA) is 37.9 Å². The van der Waals surface area contributed by atoms with Gasteiger partial charge in [0.1, 0.15) is 0 Å². The average Bonchev–Trinajstić information content (AvgIpc) is 2.72. The molecule has 0 bridgehead atoms. The molecule has 0 spiro atoms. The molecule has 2 atom stereocenters. The van der Waals surface area contributed by atoms with E-state index in [-0.39, 0.29) is 0 Å². The van der Waals surface area contributed by atoms with Gasteiger partial charge in [0.25, 0.3) is 0 Å². The molecule has 1 aromatic heterocycles. The molecule has 0 saturated carbocycles. The second kappa shape index (κ2) is 4.31. The molecule has 3 heteroatoms. The van der Waals surface area contributed by atoms with Gasteiger partial charge in [0.15, 0.2) is 0 Å². The molecule has 0 amide bonds. The summed E-state index contributed by atoms with van der Waals surface area (Å²) >= 11 is 0. The lowest BCUT2D eigenvalue weighted by molar-refractivity contribution is 0.109. The summed E-state index contributed by atoms with van der Waals surface area (Å²) in [5, 5.41) is 7.03. The Bertz CT molecular complexity index is 292. The normalized spacial score (nSPS) is 23.1. The Labute approximate surface area is 84.2 Å². The fourth-order valence-corrected chi connectivity index (χ4v) is 1.82. The summed E-state index contributed by atoms with van der Waals surface area (Å²) in [7, 11) is 0. The quantitative estimate of drug-likeness (QED) is 0.799. The third-order valence-electron chi connectivity index (χ3n) is 2.67. The molecule has 14 heavy (non-hydrogen) atoms. The van der Waals surface area contributed by atoms with E-state index >= 15 is 0 Å². The smallest absolute Gasteiger partial charge is 0.0987 e. The van der Waals surface area contributed by atoms with E-state index in [0.29, 0.717) is 12.0 Å². The molecule has 2 heterocycles. The predicted molar refractivity (Wildman–Crippen MR) is 54.9 cm³/mol. The van der Waals surface area contributed by atoms with Crippen molar-refractivity contribution in [2.24, 2.45) is 0 Å². The van der Waals surface area contributed by atoms with E-state index in [4.69, 9.17) is 4.74 Å². The number of H-pyrrole nitrogens is 1. The van der Waals surface area contributed by atoms with Crippen LogP contribution in [0.4, 0.5) is 0 Å². The van der Waals surface area contributed by atoms with Crippen LogP contribution in [0.2, 0.25) is 0 Å². The molecule has 2 unspecified atom stereocenters. The van der Waals surface area contributed by atoms with Gasteiger partial charge in [-0.15, -0.1) is 0 Å². The van der Waals surface area contributed by atoms with Crippen molar-refractivity contribution in [2.45, 2.75) is 38.2 Å². The number of ether oxygens (including phenoxy) is 1. The first kappa shape index (κ1) is 9.31. The second-order valence-corrected chi connectivity index (χ2v) is 3.84. The van der Waals surface area contributed by atoms with Gasteiger partial charge in [0.05, 0.1) is 18.1 Å². The van der Waals surface area contributed by atoms with Crippen molar-refractivity contribution in [3.63, 3.8) is 0 Å². The molecule has 0 saturated heterocycles. The van der Waals surface area contributed by atoms with Gasteiger partial charge in [-0.25, -0.2) is 0 Å². The molecule has 0 fully saturated rings. The van der Waals surface area contributed by atoms with Crippen LogP contribution in [-0.4, -0.2) is 16.3 Å².